The van der Waals surface area contributed by atoms with Crippen molar-refractivity contribution in [2.75, 3.05) is 5.32 Å². The number of rotatable bonds is 1. The summed E-state index contributed by atoms with van der Waals surface area (Å²) in [7, 11) is 0. The number of carbonyl (C=O) groups excluding carboxylic acids is 1. The summed E-state index contributed by atoms with van der Waals surface area (Å²) < 4.78 is 0. The van der Waals surface area contributed by atoms with E-state index < -0.39 is 0 Å². The normalized spacial score (nSPS) is 9.77. The van der Waals surface area contributed by atoms with Crippen LogP contribution in [0.1, 0.15) is 18.1 Å². The predicted molar refractivity (Wildman–Crippen MR) is 51.9 cm³/mol. The Morgan fingerprint density at radius 1 is 1.38 bits per heavy atom. The second-order valence-electron chi connectivity index (χ2n) is 3.16. The zero-order valence-electron chi connectivity index (χ0n) is 8.01. The summed E-state index contributed by atoms with van der Waals surface area (Å²) in [5.41, 5.74) is 2.26. The third-order valence-electron chi connectivity index (χ3n) is 1.76. The third kappa shape index (κ3) is 2.21. The molecule has 0 fully saturated rings. The Morgan fingerprint density at radius 3 is 2.54 bits per heavy atom. The molecule has 1 aromatic carbocycles. The predicted octanol–water partition coefficient (Wildman–Crippen LogP) is 1.97. The van der Waals surface area contributed by atoms with Crippen LogP contribution in [0.25, 0.3) is 0 Å². The van der Waals surface area contributed by atoms with Crippen molar-refractivity contribution >= 4 is 11.6 Å². The molecule has 13 heavy (non-hydrogen) atoms. The molecule has 0 heterocycles. The number of anilines is 1. The van der Waals surface area contributed by atoms with Gasteiger partial charge >= 0.3 is 0 Å². The van der Waals surface area contributed by atoms with Gasteiger partial charge in [-0.15, -0.1) is 0 Å². The molecule has 0 aliphatic heterocycles. The fraction of sp³-hybridized carbons (Fsp3) is 0.300. The number of hydrogen-bond donors (Lipinski definition) is 2. The van der Waals surface area contributed by atoms with E-state index >= 15 is 0 Å². The van der Waals surface area contributed by atoms with Crippen LogP contribution in [0, 0.1) is 13.8 Å². The molecule has 0 aliphatic carbocycles. The molecule has 0 aliphatic rings. The molecule has 0 bridgehead atoms. The van der Waals surface area contributed by atoms with E-state index in [1.54, 1.807) is 13.0 Å². The van der Waals surface area contributed by atoms with Gasteiger partial charge in [-0.3, -0.25) is 4.79 Å². The first kappa shape index (κ1) is 9.58. The van der Waals surface area contributed by atoms with Crippen LogP contribution in [0.15, 0.2) is 12.1 Å². The van der Waals surface area contributed by atoms with E-state index in [9.17, 15) is 9.90 Å². The minimum atomic E-state index is -0.180. The van der Waals surface area contributed by atoms with Crippen LogP contribution in [0.5, 0.6) is 5.75 Å². The Hall–Kier alpha value is -1.51. The highest BCUT2D eigenvalue weighted by molar-refractivity contribution is 5.90. The summed E-state index contributed by atoms with van der Waals surface area (Å²) in [5, 5.41) is 12.1. The average molecular weight is 179 g/mol. The zero-order chi connectivity index (χ0) is 10.0. The number of aromatic hydroxyl groups is 1. The van der Waals surface area contributed by atoms with Crippen LogP contribution in [-0.2, 0) is 4.79 Å². The molecular weight excluding hydrogens is 166 g/mol. The van der Waals surface area contributed by atoms with Crippen molar-refractivity contribution < 1.29 is 9.90 Å². The van der Waals surface area contributed by atoms with Gasteiger partial charge in [0.15, 0.2) is 0 Å². The quantitative estimate of drug-likeness (QED) is 0.647. The number of aryl methyl sites for hydroxylation is 2. The van der Waals surface area contributed by atoms with Gasteiger partial charge in [-0.05, 0) is 31.0 Å². The molecule has 3 nitrogen and oxygen atoms in total. The van der Waals surface area contributed by atoms with Crippen molar-refractivity contribution in [1.82, 2.24) is 0 Å². The molecule has 0 atom stereocenters. The van der Waals surface area contributed by atoms with E-state index in [4.69, 9.17) is 0 Å². The standard InChI is InChI=1S/C10H13NO2/c1-6-4-7(2)10(13)9(5-6)11-8(3)12/h4-5,13H,1-3H3,(H,11,12). The van der Waals surface area contributed by atoms with Crippen LogP contribution < -0.4 is 5.32 Å². The summed E-state index contributed by atoms with van der Waals surface area (Å²) in [6, 6.07) is 3.60. The molecule has 1 rings (SSSR count). The summed E-state index contributed by atoms with van der Waals surface area (Å²) in [5.74, 6) is -0.0406. The number of benzene rings is 1. The maximum absolute atomic E-state index is 10.8. The number of hydrogen-bond acceptors (Lipinski definition) is 2. The molecule has 70 valence electrons. The van der Waals surface area contributed by atoms with E-state index in [2.05, 4.69) is 5.32 Å². The van der Waals surface area contributed by atoms with Crippen molar-refractivity contribution in [3.05, 3.63) is 23.3 Å². The second kappa shape index (κ2) is 3.47. The van der Waals surface area contributed by atoms with Crippen LogP contribution in [0.3, 0.4) is 0 Å². The lowest BCUT2D eigenvalue weighted by atomic mass is 10.1. The van der Waals surface area contributed by atoms with Gasteiger partial charge in [0.2, 0.25) is 5.91 Å². The number of amides is 1. The van der Waals surface area contributed by atoms with Crippen LogP contribution in [-0.4, -0.2) is 11.0 Å². The molecule has 0 radical (unpaired) electrons. The molecule has 0 spiro atoms. The first-order valence-electron chi connectivity index (χ1n) is 4.08. The van der Waals surface area contributed by atoms with Crippen molar-refractivity contribution in [3.63, 3.8) is 0 Å². The highest BCUT2D eigenvalue weighted by Crippen LogP contribution is 2.28. The Bertz CT molecular complexity index is 345. The zero-order valence-corrected chi connectivity index (χ0v) is 8.01. The van der Waals surface area contributed by atoms with E-state index in [1.165, 1.54) is 6.92 Å². The molecule has 0 saturated heterocycles. The lowest BCUT2D eigenvalue weighted by Crippen LogP contribution is -2.06. The molecule has 2 N–H and O–H groups in total. The number of phenolic OH excluding ortho intramolecular Hbond substituents is 1. The highest BCUT2D eigenvalue weighted by Gasteiger charge is 2.05. The molecular formula is C10H13NO2. The van der Waals surface area contributed by atoms with Gasteiger partial charge in [-0.25, -0.2) is 0 Å². The Morgan fingerprint density at radius 2 is 2.00 bits per heavy atom. The molecule has 3 heteroatoms. The van der Waals surface area contributed by atoms with Crippen LogP contribution >= 0.6 is 0 Å². The lowest BCUT2D eigenvalue weighted by Gasteiger charge is -2.08. The van der Waals surface area contributed by atoms with E-state index in [-0.39, 0.29) is 11.7 Å². The molecule has 0 unspecified atom stereocenters. The summed E-state index contributed by atoms with van der Waals surface area (Å²) in [6.07, 6.45) is 0. The van der Waals surface area contributed by atoms with Gasteiger partial charge in [-0.2, -0.15) is 0 Å². The van der Waals surface area contributed by atoms with E-state index in [0.29, 0.717) is 5.69 Å². The van der Waals surface area contributed by atoms with Crippen molar-refractivity contribution in [3.8, 4) is 5.75 Å². The Balaban J connectivity index is 3.12. The van der Waals surface area contributed by atoms with Crippen LogP contribution in [0.4, 0.5) is 5.69 Å². The number of nitrogens with one attached hydrogen (secondary N) is 1. The SMILES string of the molecule is CC(=O)Nc1cc(C)cc(C)c1O. The topological polar surface area (TPSA) is 49.3 Å². The van der Waals surface area contributed by atoms with E-state index in [0.717, 1.165) is 11.1 Å². The highest BCUT2D eigenvalue weighted by atomic mass is 16.3. The molecule has 0 aromatic heterocycles. The lowest BCUT2D eigenvalue weighted by molar-refractivity contribution is -0.114. The van der Waals surface area contributed by atoms with Gasteiger partial charge < -0.3 is 10.4 Å². The summed E-state index contributed by atoms with van der Waals surface area (Å²) in [4.78, 5) is 10.8. The molecule has 0 saturated carbocycles. The molecule has 1 amide bonds. The van der Waals surface area contributed by atoms with Gasteiger partial charge in [0.25, 0.3) is 0 Å². The van der Waals surface area contributed by atoms with Crippen molar-refractivity contribution in [2.24, 2.45) is 0 Å². The van der Waals surface area contributed by atoms with Crippen molar-refractivity contribution in [2.45, 2.75) is 20.8 Å². The maximum atomic E-state index is 10.8. The monoisotopic (exact) mass is 179 g/mol. The van der Waals surface area contributed by atoms with Gasteiger partial charge in [0.05, 0.1) is 5.69 Å². The fourth-order valence-electron chi connectivity index (χ4n) is 1.24. The van der Waals surface area contributed by atoms with Crippen LogP contribution in [0.2, 0.25) is 0 Å². The summed E-state index contributed by atoms with van der Waals surface area (Å²) >= 11 is 0. The molecule has 1 aromatic rings. The minimum absolute atomic E-state index is 0.140. The largest absolute Gasteiger partial charge is 0.505 e. The number of phenols is 1. The fourth-order valence-corrected chi connectivity index (χ4v) is 1.24. The maximum Gasteiger partial charge on any atom is 0.221 e. The average Bonchev–Trinajstić information content (AvgIpc) is 1.98. The summed E-state index contributed by atoms with van der Waals surface area (Å²) in [6.45, 7) is 5.13. The van der Waals surface area contributed by atoms with Gasteiger partial charge in [-0.1, -0.05) is 6.07 Å². The number of carbonyl (C=O) groups is 1. The Kier molecular flexibility index (Phi) is 2.56. The smallest absolute Gasteiger partial charge is 0.221 e. The minimum Gasteiger partial charge on any atom is -0.505 e. The van der Waals surface area contributed by atoms with Crippen molar-refractivity contribution in [1.29, 1.82) is 0 Å². The van der Waals surface area contributed by atoms with Gasteiger partial charge in [0.1, 0.15) is 5.75 Å². The first-order valence-corrected chi connectivity index (χ1v) is 4.08. The van der Waals surface area contributed by atoms with Gasteiger partial charge in [0, 0.05) is 6.92 Å². The van der Waals surface area contributed by atoms with E-state index in [1.807, 2.05) is 13.0 Å². The second-order valence-corrected chi connectivity index (χ2v) is 3.16. The third-order valence-corrected chi connectivity index (χ3v) is 1.76. The first-order chi connectivity index (χ1) is 6.00. The Labute approximate surface area is 77.4 Å².